The van der Waals surface area contributed by atoms with Gasteiger partial charge < -0.3 is 40.0 Å². The van der Waals surface area contributed by atoms with Crippen LogP contribution in [-0.4, -0.2) is 82.3 Å². The van der Waals surface area contributed by atoms with Crippen molar-refractivity contribution in [3.05, 3.63) is 83.9 Å². The number of H-pyrrole nitrogens is 1. The van der Waals surface area contributed by atoms with Crippen molar-refractivity contribution >= 4 is 28.3 Å². The van der Waals surface area contributed by atoms with E-state index in [-0.39, 0.29) is 43.7 Å². The molecule has 2 aromatic carbocycles. The summed E-state index contributed by atoms with van der Waals surface area (Å²) in [5, 5.41) is 41.2. The van der Waals surface area contributed by atoms with Gasteiger partial charge in [-0.25, -0.2) is 0 Å². The van der Waals surface area contributed by atoms with Crippen molar-refractivity contribution < 1.29 is 29.6 Å². The van der Waals surface area contributed by atoms with E-state index >= 15 is 0 Å². The van der Waals surface area contributed by atoms with Crippen molar-refractivity contribution in [2.45, 2.75) is 63.6 Å². The van der Waals surface area contributed by atoms with E-state index in [1.807, 2.05) is 56.6 Å². The maximum absolute atomic E-state index is 13.1. The highest BCUT2D eigenvalue weighted by atomic mass is 16.3. The summed E-state index contributed by atoms with van der Waals surface area (Å²) in [4.78, 5) is 23.2. The number of furan rings is 1. The van der Waals surface area contributed by atoms with Crippen LogP contribution in [0.5, 0.6) is 5.75 Å². The van der Waals surface area contributed by atoms with E-state index in [1.54, 1.807) is 24.7 Å². The van der Waals surface area contributed by atoms with Crippen LogP contribution in [0.2, 0.25) is 0 Å². The number of aromatic amines is 1. The molecule has 5 rings (SSSR count). The van der Waals surface area contributed by atoms with Gasteiger partial charge in [0.1, 0.15) is 17.8 Å². The van der Waals surface area contributed by atoms with Gasteiger partial charge >= 0.3 is 0 Å². The van der Waals surface area contributed by atoms with E-state index in [2.05, 4.69) is 25.5 Å². The third kappa shape index (κ3) is 8.95. The van der Waals surface area contributed by atoms with Crippen LogP contribution in [0.15, 0.2) is 76.7 Å². The number of aliphatic hydroxyl groups excluding tert-OH is 3. The number of nitrogens with zero attached hydrogens (tertiary/aromatic N) is 2. The summed E-state index contributed by atoms with van der Waals surface area (Å²) in [7, 11) is 1.82. The molecule has 0 radical (unpaired) electrons. The molecule has 1 saturated carbocycles. The number of nitrogens with one attached hydrogen (secondary N) is 3. The fraction of sp³-hybridized carbons (Fsp3) is 0.412. The molecule has 45 heavy (non-hydrogen) atoms. The molecule has 11 nitrogen and oxygen atoms in total. The monoisotopic (exact) mass is 619 g/mol. The van der Waals surface area contributed by atoms with E-state index in [0.717, 1.165) is 46.4 Å². The smallest absolute Gasteiger partial charge is 0.251 e. The van der Waals surface area contributed by atoms with E-state index < -0.39 is 0 Å². The second kappa shape index (κ2) is 16.8. The molecule has 1 aliphatic carbocycles. The lowest BCUT2D eigenvalue weighted by atomic mass is 9.93. The molecule has 242 valence electrons. The Balaban J connectivity index is 0.000000510. The van der Waals surface area contributed by atoms with Gasteiger partial charge in [-0.1, -0.05) is 19.3 Å². The van der Waals surface area contributed by atoms with Gasteiger partial charge in [-0.15, -0.1) is 0 Å². The van der Waals surface area contributed by atoms with Crippen molar-refractivity contribution in [2.24, 2.45) is 4.99 Å². The zero-order chi connectivity index (χ0) is 32.2. The number of aliphatic hydroxyl groups is 3. The molecule has 0 aliphatic heterocycles. The zero-order valence-corrected chi connectivity index (χ0v) is 25.9. The third-order valence-electron chi connectivity index (χ3n) is 8.04. The number of phenols is 1. The summed E-state index contributed by atoms with van der Waals surface area (Å²) in [6.07, 6.45) is 11.9. The van der Waals surface area contributed by atoms with Gasteiger partial charge in [0.2, 0.25) is 0 Å². The van der Waals surface area contributed by atoms with Crippen molar-refractivity contribution in [3.8, 4) is 5.75 Å². The number of fused-ring (bicyclic) bond motifs is 1. The Morgan fingerprint density at radius 2 is 1.78 bits per heavy atom. The standard InChI is InChI=1S/C30H34N4O3.C4H11NO3/c1-20(16-23-18-32-28-13-12-26(35)17-27(23)28)33-30(36)21-8-10-25(11-9-21)34(24-6-4-3-5-7-24)29(31-2)22-14-15-37-19-22;6-1-4(2-7)5-3-8/h8-15,17-20,24,32,35H,3-7,16H2,1-2H3,(H,33,36);4-8H,1-3H2/t20-;/m1./s1. The minimum Gasteiger partial charge on any atom is -0.508 e. The number of carbonyl (C=O) groups excluding carboxylic acids is 1. The molecular formula is C34H45N5O6. The van der Waals surface area contributed by atoms with Crippen LogP contribution >= 0.6 is 0 Å². The fourth-order valence-electron chi connectivity index (χ4n) is 5.73. The topological polar surface area (TPSA) is 167 Å². The zero-order valence-electron chi connectivity index (χ0n) is 25.9. The molecule has 2 heterocycles. The van der Waals surface area contributed by atoms with Crippen LogP contribution in [0.4, 0.5) is 5.69 Å². The minimum absolute atomic E-state index is 0.0767. The summed E-state index contributed by atoms with van der Waals surface area (Å²) < 4.78 is 5.35. The molecule has 7 N–H and O–H groups in total. The first kappa shape index (κ1) is 33.7. The number of aromatic hydroxyl groups is 1. The lowest BCUT2D eigenvalue weighted by Gasteiger charge is -2.36. The highest BCUT2D eigenvalue weighted by Crippen LogP contribution is 2.30. The number of benzene rings is 2. The Kier molecular flexibility index (Phi) is 12.6. The average Bonchev–Trinajstić information content (AvgIpc) is 3.74. The molecule has 0 spiro atoms. The minimum atomic E-state index is -0.389. The largest absolute Gasteiger partial charge is 0.508 e. The maximum atomic E-state index is 13.1. The lowest BCUT2D eigenvalue weighted by molar-refractivity contribution is 0.0940. The molecule has 0 bridgehead atoms. The number of rotatable bonds is 11. The molecule has 1 atom stereocenters. The van der Waals surface area contributed by atoms with Crippen LogP contribution in [0.3, 0.4) is 0 Å². The number of aliphatic imine (C=N–C) groups is 1. The summed E-state index contributed by atoms with van der Waals surface area (Å²) in [6.45, 7) is 1.47. The summed E-state index contributed by atoms with van der Waals surface area (Å²) >= 11 is 0. The number of amidine groups is 1. The van der Waals surface area contributed by atoms with Crippen molar-refractivity contribution in [1.82, 2.24) is 15.6 Å². The molecule has 1 aliphatic rings. The number of amides is 1. The fourth-order valence-corrected chi connectivity index (χ4v) is 5.73. The Morgan fingerprint density at radius 1 is 1.04 bits per heavy atom. The normalized spacial score (nSPS) is 14.7. The first-order valence-corrected chi connectivity index (χ1v) is 15.4. The molecule has 4 aromatic rings. The Labute approximate surface area is 263 Å². The molecule has 0 saturated heterocycles. The Morgan fingerprint density at radius 3 is 2.38 bits per heavy atom. The molecule has 1 amide bonds. The van der Waals surface area contributed by atoms with Crippen molar-refractivity contribution in [1.29, 1.82) is 0 Å². The first-order chi connectivity index (χ1) is 21.9. The number of phenolic OH excluding ortho intramolecular Hbond substituents is 1. The van der Waals surface area contributed by atoms with Crippen molar-refractivity contribution in [2.75, 3.05) is 31.9 Å². The second-order valence-electron chi connectivity index (χ2n) is 11.3. The van der Waals surface area contributed by atoms with Gasteiger partial charge in [0.25, 0.3) is 5.91 Å². The highest BCUT2D eigenvalue weighted by molar-refractivity contribution is 6.10. The van der Waals surface area contributed by atoms with Crippen molar-refractivity contribution in [3.63, 3.8) is 0 Å². The summed E-state index contributed by atoms with van der Waals surface area (Å²) in [5.74, 6) is 1.01. The van der Waals surface area contributed by atoms with Gasteiger partial charge in [-0.3, -0.25) is 15.1 Å². The summed E-state index contributed by atoms with van der Waals surface area (Å²) in [6, 6.07) is 14.9. The van der Waals surface area contributed by atoms with Crippen LogP contribution in [0.25, 0.3) is 10.9 Å². The number of hydrogen-bond donors (Lipinski definition) is 7. The number of aromatic nitrogens is 1. The predicted octanol–water partition coefficient (Wildman–Crippen LogP) is 3.92. The number of hydrogen-bond acceptors (Lipinski definition) is 8. The maximum Gasteiger partial charge on any atom is 0.251 e. The second-order valence-corrected chi connectivity index (χ2v) is 11.3. The van der Waals surface area contributed by atoms with E-state index in [4.69, 9.17) is 19.7 Å². The van der Waals surface area contributed by atoms with Crippen LogP contribution in [-0.2, 0) is 6.42 Å². The molecule has 11 heteroatoms. The van der Waals surface area contributed by atoms with Gasteiger partial charge in [0, 0.05) is 47.5 Å². The van der Waals surface area contributed by atoms with E-state index in [9.17, 15) is 9.90 Å². The van der Waals surface area contributed by atoms with E-state index in [0.29, 0.717) is 18.0 Å². The number of carbonyl (C=O) groups is 1. The molecule has 2 aromatic heterocycles. The first-order valence-electron chi connectivity index (χ1n) is 15.4. The van der Waals surface area contributed by atoms with Gasteiger partial charge in [0.15, 0.2) is 0 Å². The SMILES string of the molecule is CN=C(c1ccoc1)N(c1ccc(C(=O)N[C@H](C)Cc2c[nH]c3ccc(O)cc23)cc1)C1CCCCC1.OCNC(CO)CO. The molecular weight excluding hydrogens is 574 g/mol. The molecule has 1 fully saturated rings. The van der Waals surface area contributed by atoms with Gasteiger partial charge in [-0.2, -0.15) is 0 Å². The lowest BCUT2D eigenvalue weighted by Crippen LogP contribution is -2.42. The van der Waals surface area contributed by atoms with Crippen LogP contribution in [0.1, 0.15) is 60.5 Å². The van der Waals surface area contributed by atoms with Crippen LogP contribution < -0.4 is 15.5 Å². The number of anilines is 1. The van der Waals surface area contributed by atoms with Gasteiger partial charge in [0.05, 0.1) is 37.8 Å². The van der Waals surface area contributed by atoms with E-state index in [1.165, 1.54) is 19.3 Å². The van der Waals surface area contributed by atoms with Crippen LogP contribution in [0, 0.1) is 0 Å². The molecule has 0 unspecified atom stereocenters. The predicted molar refractivity (Wildman–Crippen MR) is 176 cm³/mol. The average molecular weight is 620 g/mol. The summed E-state index contributed by atoms with van der Waals surface area (Å²) in [5.41, 5.74) is 4.62. The Bertz CT molecular complexity index is 1490. The highest BCUT2D eigenvalue weighted by Gasteiger charge is 2.27. The Hall–Kier alpha value is -4.16. The van der Waals surface area contributed by atoms with Gasteiger partial charge in [-0.05, 0) is 80.3 Å². The quantitative estimate of drug-likeness (QED) is 0.0754. The third-order valence-corrected chi connectivity index (χ3v) is 8.04.